The Bertz CT molecular complexity index is 1130. The van der Waals surface area contributed by atoms with E-state index in [0.717, 1.165) is 11.8 Å². The van der Waals surface area contributed by atoms with Gasteiger partial charge in [-0.1, -0.05) is 102 Å². The first-order valence-electron chi connectivity index (χ1n) is 13.7. The molecule has 3 radical (unpaired) electrons. The van der Waals surface area contributed by atoms with E-state index < -0.39 is 0 Å². The van der Waals surface area contributed by atoms with Gasteiger partial charge < -0.3 is 0 Å². The fraction of sp³-hybridized carbons (Fsp3) is 0.515. The fourth-order valence-corrected chi connectivity index (χ4v) is 6.90. The number of benzene rings is 3. The van der Waals surface area contributed by atoms with E-state index in [1.54, 1.807) is 5.56 Å². The number of hydrogen-bond acceptors (Lipinski definition) is 0. The summed E-state index contributed by atoms with van der Waals surface area (Å²) in [4.78, 5) is 0. The van der Waals surface area contributed by atoms with E-state index in [0.29, 0.717) is 0 Å². The zero-order valence-corrected chi connectivity index (χ0v) is 21.9. The molecule has 177 valence electrons. The normalized spacial score (nSPS) is 20.6. The predicted molar refractivity (Wildman–Crippen MR) is 150 cm³/mol. The molecule has 0 amide bonds. The van der Waals surface area contributed by atoms with Crippen LogP contribution in [0.5, 0.6) is 0 Å². The molecular weight excluding hydrogens is 407 g/mol. The smallest absolute Gasteiger partial charge is 0.0159 e. The molecule has 2 aliphatic carbocycles. The van der Waals surface area contributed by atoms with Crippen LogP contribution in [0.1, 0.15) is 114 Å². The second-order valence-electron chi connectivity index (χ2n) is 11.4. The number of aryl methyl sites for hydroxylation is 1. The largest absolute Gasteiger partial charge is 0.0654 e. The van der Waals surface area contributed by atoms with Gasteiger partial charge in [-0.15, -0.1) is 0 Å². The molecule has 3 aromatic carbocycles. The molecule has 3 aromatic rings. The van der Waals surface area contributed by atoms with Gasteiger partial charge in [0.05, 0.1) is 0 Å². The minimum atomic E-state index is 0. The van der Waals surface area contributed by atoms with Crippen molar-refractivity contribution in [2.24, 2.45) is 5.92 Å². The molecule has 0 nitrogen and oxygen atoms in total. The van der Waals surface area contributed by atoms with Crippen molar-refractivity contribution in [3.8, 4) is 11.1 Å². The summed E-state index contributed by atoms with van der Waals surface area (Å²) in [7, 11) is 0. The van der Waals surface area contributed by atoms with Crippen LogP contribution in [0.2, 0.25) is 0 Å². The van der Waals surface area contributed by atoms with E-state index in [1.807, 2.05) is 0 Å². The highest BCUT2D eigenvalue weighted by Gasteiger charge is 2.34. The average Bonchev–Trinajstić information content (AvgIpc) is 2.84. The zero-order valence-electron chi connectivity index (χ0n) is 21.9. The summed E-state index contributed by atoms with van der Waals surface area (Å²) < 4.78 is 0. The van der Waals surface area contributed by atoms with Crippen molar-refractivity contribution in [2.75, 3.05) is 0 Å². The number of hydrogen-bond donors (Lipinski definition) is 0. The highest BCUT2D eigenvalue weighted by Crippen LogP contribution is 2.50. The monoisotopic (exact) mass is 449 g/mol. The second kappa shape index (κ2) is 10.3. The predicted octanol–water partition coefficient (Wildman–Crippen LogP) is 9.57. The molecule has 1 saturated carbocycles. The highest BCUT2D eigenvalue weighted by molar-refractivity contribution is 6.04. The van der Waals surface area contributed by atoms with Crippen LogP contribution in [0, 0.1) is 5.92 Å². The van der Waals surface area contributed by atoms with Crippen LogP contribution in [-0.2, 0) is 11.8 Å². The molecule has 2 aliphatic rings. The lowest BCUT2D eigenvalue weighted by Crippen LogP contribution is -2.24. The van der Waals surface area contributed by atoms with Gasteiger partial charge in [-0.05, 0) is 94.5 Å². The van der Waals surface area contributed by atoms with Crippen molar-refractivity contribution in [3.63, 3.8) is 0 Å². The minimum Gasteiger partial charge on any atom is -0.0654 e. The summed E-state index contributed by atoms with van der Waals surface area (Å²) in [5.41, 5.74) is 9.13. The van der Waals surface area contributed by atoms with Crippen molar-refractivity contribution in [1.82, 2.24) is 0 Å². The Kier molecular flexibility index (Phi) is 7.61. The molecule has 0 spiro atoms. The summed E-state index contributed by atoms with van der Waals surface area (Å²) in [6.45, 7) is 9.54. The molecule has 0 aromatic heterocycles. The summed E-state index contributed by atoms with van der Waals surface area (Å²) in [5.74, 6) is 1.72. The first-order valence-corrected chi connectivity index (χ1v) is 13.7. The highest BCUT2D eigenvalue weighted by atomic mass is 14.4. The van der Waals surface area contributed by atoms with E-state index in [4.69, 9.17) is 0 Å². The topological polar surface area (TPSA) is 0 Å². The molecule has 0 saturated heterocycles. The summed E-state index contributed by atoms with van der Waals surface area (Å²) in [6, 6.07) is 19.4. The third-order valence-corrected chi connectivity index (χ3v) is 8.88. The van der Waals surface area contributed by atoms with Crippen LogP contribution in [0.4, 0.5) is 0 Å². The standard InChI is InChI=1S/C33H42.B/c1-5-7-8-11-25-18-21-29-28-20-19-26(24-16-14-23(10-6-2)15-17-24)22-31(28)33(3,4)30-13-9-12-27(25)32(29)30;/h9,12-13,18-24H,5-8,10-11,14-17H2,1-4H3;. The average molecular weight is 450 g/mol. The molecule has 34 heavy (non-hydrogen) atoms. The maximum Gasteiger partial charge on any atom is 0.0159 e. The van der Waals surface area contributed by atoms with E-state index in [-0.39, 0.29) is 13.8 Å². The van der Waals surface area contributed by atoms with Crippen LogP contribution in [-0.4, -0.2) is 8.41 Å². The molecule has 1 fully saturated rings. The summed E-state index contributed by atoms with van der Waals surface area (Å²) >= 11 is 0. The van der Waals surface area contributed by atoms with Crippen molar-refractivity contribution in [1.29, 1.82) is 0 Å². The van der Waals surface area contributed by atoms with Gasteiger partial charge in [-0.3, -0.25) is 0 Å². The molecule has 0 N–H and O–H groups in total. The quantitative estimate of drug-likeness (QED) is 0.249. The van der Waals surface area contributed by atoms with Gasteiger partial charge in [0.2, 0.25) is 0 Å². The van der Waals surface area contributed by atoms with Crippen LogP contribution >= 0.6 is 0 Å². The fourth-order valence-electron chi connectivity index (χ4n) is 6.90. The number of rotatable bonds is 7. The zero-order chi connectivity index (χ0) is 23.0. The molecular formula is C33H42B. The summed E-state index contributed by atoms with van der Waals surface area (Å²) in [6.07, 6.45) is 13.4. The van der Waals surface area contributed by atoms with E-state index in [9.17, 15) is 0 Å². The first kappa shape index (κ1) is 25.1. The van der Waals surface area contributed by atoms with Crippen molar-refractivity contribution in [2.45, 2.75) is 103 Å². The Morgan fingerprint density at radius 3 is 2.29 bits per heavy atom. The minimum absolute atomic E-state index is 0. The molecule has 0 atom stereocenters. The number of unbranched alkanes of at least 4 members (excludes halogenated alkanes) is 2. The van der Waals surface area contributed by atoms with Crippen LogP contribution in [0.3, 0.4) is 0 Å². The molecule has 0 heterocycles. The Morgan fingerprint density at radius 2 is 1.56 bits per heavy atom. The Labute approximate surface area is 210 Å². The van der Waals surface area contributed by atoms with Crippen molar-refractivity contribution in [3.05, 3.63) is 70.8 Å². The third kappa shape index (κ3) is 4.36. The molecule has 0 aliphatic heterocycles. The molecule has 0 unspecified atom stereocenters. The van der Waals surface area contributed by atoms with Gasteiger partial charge in [0.1, 0.15) is 0 Å². The number of fused-ring (bicyclic) bond motifs is 2. The SMILES string of the molecule is CCCCCc1ccc2c3c(cccc13)C(C)(C)c1cc(C3CCC(CCC)CC3)ccc1-2.[B]. The van der Waals surface area contributed by atoms with Gasteiger partial charge in [0, 0.05) is 13.8 Å². The lowest BCUT2D eigenvalue weighted by Gasteiger charge is -2.37. The van der Waals surface area contributed by atoms with Crippen LogP contribution in [0.25, 0.3) is 21.9 Å². The van der Waals surface area contributed by atoms with Gasteiger partial charge in [0.15, 0.2) is 0 Å². The Balaban J connectivity index is 0.00000274. The van der Waals surface area contributed by atoms with Gasteiger partial charge in [0.25, 0.3) is 0 Å². The van der Waals surface area contributed by atoms with Gasteiger partial charge >= 0.3 is 0 Å². The Morgan fingerprint density at radius 1 is 0.794 bits per heavy atom. The van der Waals surface area contributed by atoms with Gasteiger partial charge in [-0.25, -0.2) is 0 Å². The van der Waals surface area contributed by atoms with Crippen molar-refractivity contribution < 1.29 is 0 Å². The van der Waals surface area contributed by atoms with E-state index in [2.05, 4.69) is 76.2 Å². The van der Waals surface area contributed by atoms with Crippen molar-refractivity contribution >= 4 is 19.2 Å². The van der Waals surface area contributed by atoms with Crippen LogP contribution in [0.15, 0.2) is 48.5 Å². The van der Waals surface area contributed by atoms with Gasteiger partial charge in [-0.2, -0.15) is 0 Å². The van der Waals surface area contributed by atoms with E-state index >= 15 is 0 Å². The Hall–Kier alpha value is -2.02. The molecule has 5 rings (SSSR count). The summed E-state index contributed by atoms with van der Waals surface area (Å²) in [5, 5.41) is 3.00. The molecule has 0 bridgehead atoms. The second-order valence-corrected chi connectivity index (χ2v) is 11.4. The first-order chi connectivity index (χ1) is 16.0. The maximum absolute atomic E-state index is 2.59. The molecule has 1 heteroatoms. The van der Waals surface area contributed by atoms with Crippen LogP contribution < -0.4 is 0 Å². The van der Waals surface area contributed by atoms with E-state index in [1.165, 1.54) is 103 Å². The lowest BCUT2D eigenvalue weighted by molar-refractivity contribution is 0.308. The third-order valence-electron chi connectivity index (χ3n) is 8.88. The maximum atomic E-state index is 2.59. The lowest BCUT2D eigenvalue weighted by atomic mass is 9.67.